The fourth-order valence-corrected chi connectivity index (χ4v) is 6.30. The molecule has 118 valence electrons. The number of piperazine rings is 1. The molecule has 0 aromatic carbocycles. The molecule has 0 aromatic rings. The van der Waals surface area contributed by atoms with Gasteiger partial charge in [0.2, 0.25) is 5.91 Å². The lowest BCUT2D eigenvalue weighted by atomic mass is 9.49. The zero-order chi connectivity index (χ0) is 14.6. The molecule has 0 aromatic heterocycles. The Morgan fingerprint density at radius 3 is 2.24 bits per heavy atom. The average molecular weight is 290 g/mol. The van der Waals surface area contributed by atoms with Gasteiger partial charge in [-0.15, -0.1) is 0 Å². The van der Waals surface area contributed by atoms with E-state index in [9.17, 15) is 4.79 Å². The number of nitrogens with one attached hydrogen (secondary N) is 1. The van der Waals surface area contributed by atoms with Crippen LogP contribution in [-0.4, -0.2) is 36.0 Å². The van der Waals surface area contributed by atoms with Crippen molar-refractivity contribution in [1.82, 2.24) is 10.2 Å². The number of hydrogen-bond acceptors (Lipinski definition) is 2. The summed E-state index contributed by atoms with van der Waals surface area (Å²) in [5, 5.41) is 3.48. The number of amides is 1. The Kier molecular flexibility index (Phi) is 3.33. The van der Waals surface area contributed by atoms with E-state index in [4.69, 9.17) is 0 Å². The van der Waals surface area contributed by atoms with Crippen molar-refractivity contribution in [3.05, 3.63) is 0 Å². The predicted molar refractivity (Wildman–Crippen MR) is 83.9 cm³/mol. The summed E-state index contributed by atoms with van der Waals surface area (Å²) in [6.45, 7) is 6.23. The smallest absolute Gasteiger partial charge is 0.223 e. The van der Waals surface area contributed by atoms with Gasteiger partial charge in [0, 0.05) is 31.6 Å². The molecule has 5 rings (SSSR count). The van der Waals surface area contributed by atoms with Gasteiger partial charge in [-0.3, -0.25) is 4.79 Å². The molecule has 5 aliphatic rings. The number of hydrogen-bond donors (Lipinski definition) is 1. The molecule has 1 amide bonds. The van der Waals surface area contributed by atoms with Gasteiger partial charge in [-0.1, -0.05) is 0 Å². The summed E-state index contributed by atoms with van der Waals surface area (Å²) in [4.78, 5) is 15.1. The van der Waals surface area contributed by atoms with E-state index in [2.05, 4.69) is 24.1 Å². The molecule has 0 spiro atoms. The first-order chi connectivity index (χ1) is 10.0. The SMILES string of the molecule is CC1CN(C(=O)CC23CC4CC(CC(C4)C2)C3)C(C)CN1. The maximum absolute atomic E-state index is 12.9. The van der Waals surface area contributed by atoms with Gasteiger partial charge in [0.05, 0.1) is 0 Å². The van der Waals surface area contributed by atoms with Crippen LogP contribution in [0.1, 0.15) is 58.8 Å². The predicted octanol–water partition coefficient (Wildman–Crippen LogP) is 2.80. The first-order valence-corrected chi connectivity index (χ1v) is 9.06. The zero-order valence-electron chi connectivity index (χ0n) is 13.6. The number of carbonyl (C=O) groups is 1. The van der Waals surface area contributed by atoms with Crippen LogP contribution in [0.5, 0.6) is 0 Å². The van der Waals surface area contributed by atoms with Crippen LogP contribution >= 0.6 is 0 Å². The Morgan fingerprint density at radius 1 is 1.10 bits per heavy atom. The zero-order valence-corrected chi connectivity index (χ0v) is 13.6. The molecular weight excluding hydrogens is 260 g/mol. The standard InChI is InChI=1S/C18H30N2O/c1-12-11-20(13(2)10-19-12)17(21)9-18-6-14-3-15(7-18)5-16(4-14)8-18/h12-16,19H,3-11H2,1-2H3. The second kappa shape index (κ2) is 4.97. The second-order valence-electron chi connectivity index (χ2n) is 8.80. The van der Waals surface area contributed by atoms with Gasteiger partial charge in [0.25, 0.3) is 0 Å². The van der Waals surface area contributed by atoms with Crippen LogP contribution in [0.4, 0.5) is 0 Å². The van der Waals surface area contributed by atoms with Crippen molar-refractivity contribution < 1.29 is 4.79 Å². The molecule has 5 fully saturated rings. The third-order valence-corrected chi connectivity index (χ3v) is 6.78. The Labute approximate surface area is 128 Å². The molecule has 1 aliphatic heterocycles. The van der Waals surface area contributed by atoms with Crippen molar-refractivity contribution in [1.29, 1.82) is 0 Å². The lowest BCUT2D eigenvalue weighted by Gasteiger charge is -2.57. The van der Waals surface area contributed by atoms with Crippen molar-refractivity contribution in [2.75, 3.05) is 13.1 Å². The summed E-state index contributed by atoms with van der Waals surface area (Å²) in [6.07, 6.45) is 9.29. The van der Waals surface area contributed by atoms with Gasteiger partial charge in [-0.2, -0.15) is 0 Å². The normalized spacial score (nSPS) is 48.7. The van der Waals surface area contributed by atoms with E-state index < -0.39 is 0 Å². The summed E-state index contributed by atoms with van der Waals surface area (Å²) in [6, 6.07) is 0.809. The van der Waals surface area contributed by atoms with E-state index in [0.717, 1.165) is 37.3 Å². The van der Waals surface area contributed by atoms with Crippen molar-refractivity contribution >= 4 is 5.91 Å². The fraction of sp³-hybridized carbons (Fsp3) is 0.944. The van der Waals surface area contributed by atoms with Crippen LogP contribution in [0, 0.1) is 23.2 Å². The molecule has 3 nitrogen and oxygen atoms in total. The lowest BCUT2D eigenvalue weighted by molar-refractivity contribution is -0.142. The van der Waals surface area contributed by atoms with Gasteiger partial charge >= 0.3 is 0 Å². The van der Waals surface area contributed by atoms with Crippen LogP contribution in [0.3, 0.4) is 0 Å². The topological polar surface area (TPSA) is 32.3 Å². The summed E-state index contributed by atoms with van der Waals surface area (Å²) in [5.41, 5.74) is 0.389. The van der Waals surface area contributed by atoms with Crippen molar-refractivity contribution in [2.24, 2.45) is 23.2 Å². The lowest BCUT2D eigenvalue weighted by Crippen LogP contribution is -2.57. The Hall–Kier alpha value is -0.570. The third-order valence-electron chi connectivity index (χ3n) is 6.78. The molecule has 4 saturated carbocycles. The van der Waals surface area contributed by atoms with Crippen molar-refractivity contribution in [2.45, 2.75) is 70.9 Å². The molecule has 1 heterocycles. The first kappa shape index (κ1) is 14.0. The summed E-state index contributed by atoms with van der Waals surface area (Å²) in [5.74, 6) is 3.29. The molecule has 0 radical (unpaired) electrons. The van der Waals surface area contributed by atoms with Crippen molar-refractivity contribution in [3.8, 4) is 0 Å². The van der Waals surface area contributed by atoms with E-state index in [1.807, 2.05) is 0 Å². The van der Waals surface area contributed by atoms with E-state index in [-0.39, 0.29) is 0 Å². The highest BCUT2D eigenvalue weighted by Gasteiger charge is 2.52. The van der Waals surface area contributed by atoms with Gasteiger partial charge in [-0.25, -0.2) is 0 Å². The molecule has 4 aliphatic carbocycles. The quantitative estimate of drug-likeness (QED) is 0.848. The molecule has 4 bridgehead atoms. The van der Waals surface area contributed by atoms with Crippen LogP contribution < -0.4 is 5.32 Å². The second-order valence-corrected chi connectivity index (χ2v) is 8.80. The molecule has 1 saturated heterocycles. The third kappa shape index (κ3) is 2.52. The van der Waals surface area contributed by atoms with Gasteiger partial charge in [0.1, 0.15) is 0 Å². The summed E-state index contributed by atoms with van der Waals surface area (Å²) >= 11 is 0. The minimum absolute atomic E-state index is 0.364. The highest BCUT2D eigenvalue weighted by molar-refractivity contribution is 5.77. The molecule has 3 heteroatoms. The Bertz CT molecular complexity index is 398. The van der Waals surface area contributed by atoms with Gasteiger partial charge < -0.3 is 10.2 Å². The average Bonchev–Trinajstić information content (AvgIpc) is 2.39. The minimum Gasteiger partial charge on any atom is -0.337 e. The van der Waals surface area contributed by atoms with Gasteiger partial charge in [0.15, 0.2) is 0 Å². The monoisotopic (exact) mass is 290 g/mol. The molecule has 2 atom stereocenters. The number of nitrogens with zero attached hydrogens (tertiary/aromatic N) is 1. The number of rotatable bonds is 2. The largest absolute Gasteiger partial charge is 0.337 e. The maximum atomic E-state index is 12.9. The molecule has 1 N–H and O–H groups in total. The minimum atomic E-state index is 0.364. The highest BCUT2D eigenvalue weighted by atomic mass is 16.2. The highest BCUT2D eigenvalue weighted by Crippen LogP contribution is 2.61. The van der Waals surface area contributed by atoms with E-state index in [1.165, 1.54) is 38.5 Å². The fourth-order valence-electron chi connectivity index (χ4n) is 6.30. The van der Waals surface area contributed by atoms with Crippen molar-refractivity contribution in [3.63, 3.8) is 0 Å². The van der Waals surface area contributed by atoms with Crippen LogP contribution in [0.15, 0.2) is 0 Å². The van der Waals surface area contributed by atoms with E-state index in [1.54, 1.807) is 0 Å². The van der Waals surface area contributed by atoms with Gasteiger partial charge in [-0.05, 0) is 75.5 Å². The van der Waals surface area contributed by atoms with Crippen LogP contribution in [-0.2, 0) is 4.79 Å². The summed E-state index contributed by atoms with van der Waals surface area (Å²) in [7, 11) is 0. The Morgan fingerprint density at radius 2 is 1.67 bits per heavy atom. The Balaban J connectivity index is 1.46. The first-order valence-electron chi connectivity index (χ1n) is 9.06. The number of carbonyl (C=O) groups excluding carboxylic acids is 1. The van der Waals surface area contributed by atoms with E-state index in [0.29, 0.717) is 23.4 Å². The van der Waals surface area contributed by atoms with E-state index >= 15 is 0 Å². The molecule has 2 unspecified atom stereocenters. The maximum Gasteiger partial charge on any atom is 0.223 e. The molecular formula is C18H30N2O. The summed E-state index contributed by atoms with van der Waals surface area (Å²) < 4.78 is 0. The van der Waals surface area contributed by atoms with Crippen LogP contribution in [0.2, 0.25) is 0 Å². The van der Waals surface area contributed by atoms with Crippen LogP contribution in [0.25, 0.3) is 0 Å². The molecule has 21 heavy (non-hydrogen) atoms.